The van der Waals surface area contributed by atoms with Gasteiger partial charge in [-0.3, -0.25) is 9.36 Å². The van der Waals surface area contributed by atoms with Crippen molar-refractivity contribution in [3.05, 3.63) is 39.9 Å². The minimum Gasteiger partial charge on any atom is -0.286 e. The first-order chi connectivity index (χ1) is 6.20. The molecule has 1 heterocycles. The van der Waals surface area contributed by atoms with Crippen molar-refractivity contribution in [3.8, 4) is 0 Å². The molecule has 0 amide bonds. The summed E-state index contributed by atoms with van der Waals surface area (Å²) in [6.07, 6.45) is 0. The molecule has 0 saturated carbocycles. The van der Waals surface area contributed by atoms with Crippen LogP contribution >= 0.6 is 11.6 Å². The zero-order chi connectivity index (χ0) is 9.42. The summed E-state index contributed by atoms with van der Waals surface area (Å²) in [5, 5.41) is 0.804. The number of halogens is 1. The highest BCUT2D eigenvalue weighted by Crippen LogP contribution is 2.09. The van der Waals surface area contributed by atoms with Crippen LogP contribution in [0.3, 0.4) is 0 Å². The summed E-state index contributed by atoms with van der Waals surface area (Å²) >= 11 is 5.74. The van der Waals surface area contributed by atoms with Crippen LogP contribution in [0.4, 0.5) is 0 Å². The van der Waals surface area contributed by atoms with Crippen molar-refractivity contribution >= 4 is 22.5 Å². The largest absolute Gasteiger partial charge is 0.286 e. The van der Waals surface area contributed by atoms with Gasteiger partial charge in [0, 0.05) is 7.05 Å². The van der Waals surface area contributed by atoms with E-state index >= 15 is 0 Å². The van der Waals surface area contributed by atoms with Gasteiger partial charge in [-0.1, -0.05) is 12.1 Å². The summed E-state index contributed by atoms with van der Waals surface area (Å²) in [4.78, 5) is 15.7. The first kappa shape index (κ1) is 8.26. The smallest absolute Gasteiger partial charge is 0.262 e. The third-order valence-corrected chi connectivity index (χ3v) is 2.27. The molecule has 0 aliphatic carbocycles. The Kier molecular flexibility index (Phi) is 1.81. The maximum absolute atomic E-state index is 11.6. The van der Waals surface area contributed by atoms with Crippen molar-refractivity contribution in [2.24, 2.45) is 7.05 Å². The van der Waals surface area contributed by atoms with E-state index in [2.05, 4.69) is 4.98 Å². The Morgan fingerprint density at radius 3 is 2.85 bits per heavy atom. The number of hydrogen-bond acceptors (Lipinski definition) is 2. The van der Waals surface area contributed by atoms with E-state index in [4.69, 9.17) is 11.6 Å². The van der Waals surface area contributed by atoms with E-state index in [1.54, 1.807) is 25.2 Å². The van der Waals surface area contributed by atoms with E-state index in [0.717, 1.165) is 0 Å². The molecule has 0 aliphatic rings. The summed E-state index contributed by atoms with van der Waals surface area (Å²) < 4.78 is 1.32. The number of para-hydroxylation sites is 1. The molecule has 1 aromatic carbocycles. The molecule has 0 fully saturated rings. The number of hydrogen-bond donors (Lipinski definition) is 0. The highest BCUT2D eigenvalue weighted by Gasteiger charge is 2.03. The normalized spacial score (nSPS) is 10.6. The molecular weight excluding hydrogens is 188 g/mol. The predicted octanol–water partition coefficient (Wildman–Crippen LogP) is 1.59. The molecule has 0 N–H and O–H groups in total. The summed E-state index contributed by atoms with van der Waals surface area (Å²) in [6.45, 7) is 0. The molecule has 3 nitrogen and oxygen atoms in total. The van der Waals surface area contributed by atoms with E-state index in [9.17, 15) is 4.79 Å². The molecule has 0 bridgehead atoms. The second kappa shape index (κ2) is 2.85. The molecule has 2 aromatic rings. The van der Waals surface area contributed by atoms with Crippen LogP contribution in [-0.4, -0.2) is 9.55 Å². The fourth-order valence-corrected chi connectivity index (χ4v) is 1.36. The second-order valence-electron chi connectivity index (χ2n) is 2.76. The van der Waals surface area contributed by atoms with Gasteiger partial charge in [-0.05, 0) is 23.7 Å². The highest BCUT2D eigenvalue weighted by molar-refractivity contribution is 6.28. The van der Waals surface area contributed by atoms with Crippen LogP contribution in [0.5, 0.6) is 0 Å². The second-order valence-corrected chi connectivity index (χ2v) is 3.10. The van der Waals surface area contributed by atoms with Crippen molar-refractivity contribution in [1.29, 1.82) is 0 Å². The topological polar surface area (TPSA) is 34.9 Å². The number of nitrogens with zero attached hydrogens (tertiary/aromatic N) is 2. The van der Waals surface area contributed by atoms with Crippen molar-refractivity contribution in [2.45, 2.75) is 0 Å². The molecule has 0 unspecified atom stereocenters. The molecule has 0 aliphatic heterocycles. The number of rotatable bonds is 0. The number of aromatic nitrogens is 2. The maximum Gasteiger partial charge on any atom is 0.262 e. The lowest BCUT2D eigenvalue weighted by Crippen LogP contribution is -2.18. The lowest BCUT2D eigenvalue weighted by Gasteiger charge is -2.01. The Bertz CT molecular complexity index is 518. The van der Waals surface area contributed by atoms with Crippen molar-refractivity contribution < 1.29 is 0 Å². The minimum atomic E-state index is -0.115. The quantitative estimate of drug-likeness (QED) is 0.597. The Hall–Kier alpha value is -1.35. The molecular formula is C9H7ClN2O. The lowest BCUT2D eigenvalue weighted by molar-refractivity contribution is 0.844. The maximum atomic E-state index is 11.6. The van der Waals surface area contributed by atoms with E-state index in [1.807, 2.05) is 6.07 Å². The average Bonchev–Trinajstić information content (AvgIpc) is 2.15. The fraction of sp³-hybridized carbons (Fsp3) is 0.111. The van der Waals surface area contributed by atoms with Crippen LogP contribution in [0.25, 0.3) is 10.9 Å². The minimum absolute atomic E-state index is 0.115. The van der Waals surface area contributed by atoms with Gasteiger partial charge in [-0.25, -0.2) is 4.98 Å². The molecule has 2 rings (SSSR count). The van der Waals surface area contributed by atoms with Gasteiger partial charge >= 0.3 is 0 Å². The van der Waals surface area contributed by atoms with Crippen LogP contribution < -0.4 is 5.56 Å². The van der Waals surface area contributed by atoms with Gasteiger partial charge in [0.25, 0.3) is 5.56 Å². The molecule has 66 valence electrons. The van der Waals surface area contributed by atoms with Gasteiger partial charge in [0.15, 0.2) is 0 Å². The zero-order valence-electron chi connectivity index (χ0n) is 6.99. The monoisotopic (exact) mass is 194 g/mol. The van der Waals surface area contributed by atoms with Crippen LogP contribution in [0, 0.1) is 0 Å². The van der Waals surface area contributed by atoms with Crippen molar-refractivity contribution in [2.75, 3.05) is 0 Å². The summed E-state index contributed by atoms with van der Waals surface area (Å²) in [5.41, 5.74) is 0.520. The summed E-state index contributed by atoms with van der Waals surface area (Å²) in [5.74, 6) is 0. The third-order valence-electron chi connectivity index (χ3n) is 1.93. The van der Waals surface area contributed by atoms with Crippen LogP contribution in [0.2, 0.25) is 5.28 Å². The zero-order valence-corrected chi connectivity index (χ0v) is 7.75. The van der Waals surface area contributed by atoms with E-state index < -0.39 is 0 Å². The van der Waals surface area contributed by atoms with Crippen LogP contribution in [0.15, 0.2) is 29.1 Å². The first-order valence-electron chi connectivity index (χ1n) is 3.81. The molecule has 1 aromatic heterocycles. The Balaban J connectivity index is 3.03. The molecule has 13 heavy (non-hydrogen) atoms. The molecule has 0 atom stereocenters. The fourth-order valence-electron chi connectivity index (χ4n) is 1.19. The van der Waals surface area contributed by atoms with Crippen LogP contribution in [0.1, 0.15) is 0 Å². The van der Waals surface area contributed by atoms with Gasteiger partial charge in [-0.2, -0.15) is 0 Å². The Morgan fingerprint density at radius 1 is 1.38 bits per heavy atom. The lowest BCUT2D eigenvalue weighted by atomic mass is 10.2. The first-order valence-corrected chi connectivity index (χ1v) is 4.19. The van der Waals surface area contributed by atoms with Gasteiger partial charge in [0.1, 0.15) is 0 Å². The standard InChI is InChI=1S/C9H7ClN2O/c1-12-8(13)6-4-2-3-5-7(6)11-9(12)10/h2-5H,1H3. The summed E-state index contributed by atoms with van der Waals surface area (Å²) in [6, 6.07) is 7.13. The van der Waals surface area contributed by atoms with Gasteiger partial charge in [0.2, 0.25) is 5.28 Å². The predicted molar refractivity (Wildman–Crippen MR) is 52.0 cm³/mol. The highest BCUT2D eigenvalue weighted by atomic mass is 35.5. The van der Waals surface area contributed by atoms with Crippen molar-refractivity contribution in [3.63, 3.8) is 0 Å². The summed E-state index contributed by atoms with van der Waals surface area (Å²) in [7, 11) is 1.60. The molecule has 0 saturated heterocycles. The van der Waals surface area contributed by atoms with E-state index in [0.29, 0.717) is 10.9 Å². The molecule has 0 spiro atoms. The van der Waals surface area contributed by atoms with E-state index in [-0.39, 0.29) is 10.8 Å². The van der Waals surface area contributed by atoms with E-state index in [1.165, 1.54) is 4.57 Å². The number of fused-ring (bicyclic) bond motifs is 1. The Labute approximate surface area is 79.6 Å². The van der Waals surface area contributed by atoms with Gasteiger partial charge in [0.05, 0.1) is 10.9 Å². The average molecular weight is 195 g/mol. The third kappa shape index (κ3) is 1.21. The SMILES string of the molecule is Cn1c(Cl)nc2ccccc2c1=O. The number of benzene rings is 1. The molecule has 0 radical (unpaired) electrons. The van der Waals surface area contributed by atoms with Crippen LogP contribution in [-0.2, 0) is 7.05 Å². The van der Waals surface area contributed by atoms with Crippen molar-refractivity contribution in [1.82, 2.24) is 9.55 Å². The molecule has 4 heteroatoms. The van der Waals surface area contributed by atoms with Gasteiger partial charge in [-0.15, -0.1) is 0 Å². The Morgan fingerprint density at radius 2 is 2.08 bits per heavy atom. The van der Waals surface area contributed by atoms with Gasteiger partial charge < -0.3 is 0 Å².